The number of sulfonamides is 2. The lowest BCUT2D eigenvalue weighted by Gasteiger charge is -2.09. The molecule has 0 heterocycles. The Hall–Kier alpha value is -1.70. The average Bonchev–Trinajstić information content (AvgIpc) is 2.38. The second-order valence-electron chi connectivity index (χ2n) is 4.56. The standard InChI is InChI=1S/C14H14NO4S2/c1-11-7-3-5-9-13(11)20(16,17)15-21(18,19)14-10-6-4-8-12(14)2/h3-10H,1-2H3. The molecule has 2 rings (SSSR count). The molecule has 0 unspecified atom stereocenters. The summed E-state index contributed by atoms with van der Waals surface area (Å²) in [5.74, 6) is 0. The van der Waals surface area contributed by atoms with Gasteiger partial charge in [-0.1, -0.05) is 36.4 Å². The van der Waals surface area contributed by atoms with Crippen LogP contribution in [-0.2, 0) is 20.0 Å². The molecular weight excluding hydrogens is 310 g/mol. The summed E-state index contributed by atoms with van der Waals surface area (Å²) in [6.07, 6.45) is 0. The van der Waals surface area contributed by atoms with E-state index in [9.17, 15) is 16.8 Å². The van der Waals surface area contributed by atoms with Crippen LogP contribution in [0.2, 0.25) is 0 Å². The second-order valence-corrected chi connectivity index (χ2v) is 7.93. The smallest absolute Gasteiger partial charge is 0.204 e. The van der Waals surface area contributed by atoms with Gasteiger partial charge in [0, 0.05) is 4.13 Å². The Balaban J connectivity index is 2.46. The van der Waals surface area contributed by atoms with Crippen molar-refractivity contribution < 1.29 is 16.8 Å². The lowest BCUT2D eigenvalue weighted by atomic mass is 10.2. The van der Waals surface area contributed by atoms with Crippen molar-refractivity contribution in [2.45, 2.75) is 23.6 Å². The van der Waals surface area contributed by atoms with E-state index >= 15 is 0 Å². The van der Waals surface area contributed by atoms with Gasteiger partial charge in [-0.2, -0.15) is 0 Å². The van der Waals surface area contributed by atoms with E-state index in [1.54, 1.807) is 38.1 Å². The number of nitrogens with zero attached hydrogens (tertiary/aromatic N) is 1. The Bertz CT molecular complexity index is 798. The van der Waals surface area contributed by atoms with Gasteiger partial charge >= 0.3 is 0 Å². The molecule has 1 radical (unpaired) electrons. The SMILES string of the molecule is Cc1ccccc1S(=O)(=O)[N]S(=O)(=O)c1ccccc1C. The summed E-state index contributed by atoms with van der Waals surface area (Å²) in [5.41, 5.74) is 0.891. The molecule has 5 nitrogen and oxygen atoms in total. The van der Waals surface area contributed by atoms with Crippen molar-refractivity contribution in [1.82, 2.24) is 4.13 Å². The molecule has 0 fully saturated rings. The Morgan fingerprint density at radius 3 is 1.33 bits per heavy atom. The molecule has 0 saturated carbocycles. The first-order chi connectivity index (χ1) is 9.74. The zero-order valence-corrected chi connectivity index (χ0v) is 13.1. The fraction of sp³-hybridized carbons (Fsp3) is 0.143. The van der Waals surface area contributed by atoms with Gasteiger partial charge in [0.1, 0.15) is 0 Å². The van der Waals surface area contributed by atoms with E-state index in [0.29, 0.717) is 11.1 Å². The first kappa shape index (κ1) is 15.7. The third kappa shape index (κ3) is 3.31. The fourth-order valence-corrected chi connectivity index (χ4v) is 5.03. The van der Waals surface area contributed by atoms with E-state index in [-0.39, 0.29) is 9.79 Å². The van der Waals surface area contributed by atoms with Crippen LogP contribution in [0.5, 0.6) is 0 Å². The van der Waals surface area contributed by atoms with Crippen LogP contribution in [0.4, 0.5) is 0 Å². The molecule has 0 aliphatic carbocycles. The highest BCUT2D eigenvalue weighted by atomic mass is 32.3. The highest BCUT2D eigenvalue weighted by molar-refractivity contribution is 8.04. The summed E-state index contributed by atoms with van der Waals surface area (Å²) in [6.45, 7) is 3.17. The van der Waals surface area contributed by atoms with Gasteiger partial charge in [0.25, 0.3) is 20.0 Å². The highest BCUT2D eigenvalue weighted by Gasteiger charge is 2.28. The lowest BCUT2D eigenvalue weighted by Crippen LogP contribution is -2.25. The Morgan fingerprint density at radius 1 is 0.667 bits per heavy atom. The monoisotopic (exact) mass is 324 g/mol. The summed E-state index contributed by atoms with van der Waals surface area (Å²) >= 11 is 0. The van der Waals surface area contributed by atoms with Crippen molar-refractivity contribution in [2.24, 2.45) is 0 Å². The van der Waals surface area contributed by atoms with Crippen molar-refractivity contribution in [1.29, 1.82) is 0 Å². The van der Waals surface area contributed by atoms with Gasteiger partial charge in [0.05, 0.1) is 9.79 Å². The van der Waals surface area contributed by atoms with Crippen LogP contribution >= 0.6 is 0 Å². The maximum atomic E-state index is 12.2. The van der Waals surface area contributed by atoms with Crippen LogP contribution in [0.15, 0.2) is 58.3 Å². The summed E-state index contributed by atoms with van der Waals surface area (Å²) in [7, 11) is -8.55. The minimum absolute atomic E-state index is 0.109. The van der Waals surface area contributed by atoms with Gasteiger partial charge < -0.3 is 0 Å². The lowest BCUT2D eigenvalue weighted by molar-refractivity contribution is 0.575. The molecule has 7 heteroatoms. The van der Waals surface area contributed by atoms with E-state index in [2.05, 4.69) is 4.13 Å². The van der Waals surface area contributed by atoms with E-state index in [0.717, 1.165) is 0 Å². The number of benzene rings is 2. The first-order valence-electron chi connectivity index (χ1n) is 6.09. The number of aryl methyl sites for hydroxylation is 2. The van der Waals surface area contributed by atoms with E-state index in [1.165, 1.54) is 24.3 Å². The molecule has 2 aromatic rings. The van der Waals surface area contributed by atoms with Crippen LogP contribution in [0, 0.1) is 13.8 Å². The van der Waals surface area contributed by atoms with Gasteiger partial charge in [-0.3, -0.25) is 0 Å². The van der Waals surface area contributed by atoms with Gasteiger partial charge in [-0.25, -0.2) is 16.8 Å². The van der Waals surface area contributed by atoms with Crippen LogP contribution < -0.4 is 4.13 Å². The molecule has 0 spiro atoms. The molecule has 21 heavy (non-hydrogen) atoms. The average molecular weight is 324 g/mol. The van der Waals surface area contributed by atoms with E-state index in [1.807, 2.05) is 0 Å². The summed E-state index contributed by atoms with van der Waals surface area (Å²) in [6, 6.07) is 12.2. The molecule has 0 aliphatic rings. The third-order valence-corrected chi connectivity index (χ3v) is 6.54. The number of hydrogen-bond acceptors (Lipinski definition) is 4. The molecule has 0 N–H and O–H groups in total. The second kappa shape index (κ2) is 5.59. The molecule has 111 valence electrons. The largest absolute Gasteiger partial charge is 0.272 e. The normalized spacial score (nSPS) is 12.3. The predicted molar refractivity (Wildman–Crippen MR) is 78.9 cm³/mol. The maximum absolute atomic E-state index is 12.2. The molecule has 0 atom stereocenters. The van der Waals surface area contributed by atoms with Crippen LogP contribution in [-0.4, -0.2) is 16.8 Å². The summed E-state index contributed by atoms with van der Waals surface area (Å²) in [4.78, 5) is -0.218. The molecular formula is C14H14NO4S2. The zero-order valence-electron chi connectivity index (χ0n) is 11.5. The third-order valence-electron chi connectivity index (χ3n) is 2.94. The molecule has 0 amide bonds. The number of rotatable bonds is 4. The molecule has 0 aliphatic heterocycles. The fourth-order valence-electron chi connectivity index (χ4n) is 1.90. The van der Waals surface area contributed by atoms with Crippen molar-refractivity contribution in [2.75, 3.05) is 0 Å². The van der Waals surface area contributed by atoms with Gasteiger partial charge in [-0.05, 0) is 37.1 Å². The molecule has 2 aromatic carbocycles. The highest BCUT2D eigenvalue weighted by Crippen LogP contribution is 2.20. The summed E-state index contributed by atoms with van der Waals surface area (Å²) < 4.78 is 52.0. The van der Waals surface area contributed by atoms with Crippen molar-refractivity contribution in [3.8, 4) is 0 Å². The Labute approximate surface area is 124 Å². The minimum Gasteiger partial charge on any atom is -0.204 e. The Kier molecular flexibility index (Phi) is 4.18. The van der Waals surface area contributed by atoms with Gasteiger partial charge in [-0.15, -0.1) is 0 Å². The van der Waals surface area contributed by atoms with E-state index < -0.39 is 20.0 Å². The van der Waals surface area contributed by atoms with Crippen LogP contribution in [0.3, 0.4) is 0 Å². The quantitative estimate of drug-likeness (QED) is 0.861. The zero-order chi connectivity index (χ0) is 15.7. The molecule has 0 aromatic heterocycles. The van der Waals surface area contributed by atoms with Crippen molar-refractivity contribution >= 4 is 20.0 Å². The Morgan fingerprint density at radius 2 is 1.00 bits per heavy atom. The summed E-state index contributed by atoms with van der Waals surface area (Å²) in [5, 5.41) is 0. The van der Waals surface area contributed by atoms with Crippen molar-refractivity contribution in [3.05, 3.63) is 59.7 Å². The van der Waals surface area contributed by atoms with Gasteiger partial charge in [0.2, 0.25) is 0 Å². The van der Waals surface area contributed by atoms with Crippen molar-refractivity contribution in [3.63, 3.8) is 0 Å². The molecule has 0 bridgehead atoms. The van der Waals surface area contributed by atoms with E-state index in [4.69, 9.17) is 0 Å². The van der Waals surface area contributed by atoms with Gasteiger partial charge in [0.15, 0.2) is 0 Å². The minimum atomic E-state index is -4.28. The van der Waals surface area contributed by atoms with Crippen LogP contribution in [0.25, 0.3) is 0 Å². The van der Waals surface area contributed by atoms with Crippen LogP contribution in [0.1, 0.15) is 11.1 Å². The first-order valence-corrected chi connectivity index (χ1v) is 8.97. The maximum Gasteiger partial charge on any atom is 0.272 e. The molecule has 0 saturated heterocycles. The predicted octanol–water partition coefficient (Wildman–Crippen LogP) is 1.99. The topological polar surface area (TPSA) is 82.4 Å². The number of hydrogen-bond donors (Lipinski definition) is 0.